The number of methoxy groups -OCH3 is 1. The second-order valence-corrected chi connectivity index (χ2v) is 9.72. The van der Waals surface area contributed by atoms with E-state index < -0.39 is 5.41 Å². The number of hydrogen-bond donors (Lipinski definition) is 3. The molecule has 188 valence electrons. The summed E-state index contributed by atoms with van der Waals surface area (Å²) in [5.74, 6) is 1.27. The van der Waals surface area contributed by atoms with Gasteiger partial charge in [0.1, 0.15) is 5.82 Å². The Labute approximate surface area is 212 Å². The van der Waals surface area contributed by atoms with E-state index in [1.165, 1.54) is 0 Å². The molecule has 0 amide bonds. The molecule has 0 atom stereocenters. The molecule has 1 saturated heterocycles. The maximum atomic E-state index is 9.69. The second kappa shape index (κ2) is 12.5. The highest BCUT2D eigenvalue weighted by Crippen LogP contribution is 2.31. The predicted octanol–water partition coefficient (Wildman–Crippen LogP) is 3.88. The van der Waals surface area contributed by atoms with Crippen molar-refractivity contribution in [2.75, 3.05) is 50.7 Å². The first-order valence-electron chi connectivity index (χ1n) is 12.3. The van der Waals surface area contributed by atoms with E-state index in [9.17, 15) is 5.26 Å². The maximum absolute atomic E-state index is 9.69. The van der Waals surface area contributed by atoms with Gasteiger partial charge in [0.15, 0.2) is 0 Å². The molecule has 3 heterocycles. The van der Waals surface area contributed by atoms with Crippen LogP contribution in [0, 0.1) is 16.7 Å². The first-order valence-corrected chi connectivity index (χ1v) is 12.7. The molecule has 0 bridgehead atoms. The number of ether oxygens (including phenoxy) is 2. The molecular formula is C25H34ClN7O2. The van der Waals surface area contributed by atoms with Crippen LogP contribution in [0.5, 0.6) is 0 Å². The zero-order chi connectivity index (χ0) is 24.5. The van der Waals surface area contributed by atoms with Crippen LogP contribution in [0.25, 0.3) is 11.3 Å². The lowest BCUT2D eigenvalue weighted by molar-refractivity contribution is 0.0455. The first kappa shape index (κ1) is 25.6. The monoisotopic (exact) mass is 499 g/mol. The molecule has 1 aliphatic heterocycles. The van der Waals surface area contributed by atoms with Crippen LogP contribution in [-0.2, 0) is 9.47 Å². The van der Waals surface area contributed by atoms with Crippen LogP contribution >= 0.6 is 11.6 Å². The summed E-state index contributed by atoms with van der Waals surface area (Å²) in [6.45, 7) is 3.32. The predicted molar refractivity (Wildman–Crippen MR) is 136 cm³/mol. The van der Waals surface area contributed by atoms with E-state index in [2.05, 4.69) is 37.0 Å². The maximum Gasteiger partial charge on any atom is 0.223 e. The van der Waals surface area contributed by atoms with Gasteiger partial charge in [-0.1, -0.05) is 11.6 Å². The molecule has 0 radical (unpaired) electrons. The zero-order valence-corrected chi connectivity index (χ0v) is 21.0. The van der Waals surface area contributed by atoms with Crippen molar-refractivity contribution in [2.45, 2.75) is 50.6 Å². The Hall–Kier alpha value is -2.51. The second-order valence-electron chi connectivity index (χ2n) is 9.31. The van der Waals surface area contributed by atoms with Gasteiger partial charge in [0.05, 0.1) is 28.8 Å². The number of rotatable bonds is 10. The molecular weight excluding hydrogens is 466 g/mol. The van der Waals surface area contributed by atoms with E-state index in [1.54, 1.807) is 19.5 Å². The molecule has 35 heavy (non-hydrogen) atoms. The summed E-state index contributed by atoms with van der Waals surface area (Å²) >= 11 is 6.50. The van der Waals surface area contributed by atoms with Crippen molar-refractivity contribution in [3.05, 3.63) is 29.5 Å². The molecule has 2 fully saturated rings. The lowest BCUT2D eigenvalue weighted by Gasteiger charge is -2.30. The Morgan fingerprint density at radius 3 is 2.71 bits per heavy atom. The number of halogens is 1. The highest BCUT2D eigenvalue weighted by atomic mass is 35.5. The molecule has 0 spiro atoms. The standard InChI is InChI=1S/C25H34ClN7O2/c1-34-13-10-28-18-2-4-19(5-3-18)32-23-14-20(21(26)15-30-23)22-6-9-29-24(33-22)31-17-25(16-27)7-11-35-12-8-25/h6,9,14-15,18-19,28H,2-5,7-8,10-13,17H2,1H3,(H,30,32)(H,29,31,33). The minimum Gasteiger partial charge on any atom is -0.383 e. The van der Waals surface area contributed by atoms with Crippen molar-refractivity contribution >= 4 is 23.4 Å². The van der Waals surface area contributed by atoms with E-state index in [0.29, 0.717) is 61.3 Å². The Morgan fingerprint density at radius 2 is 1.97 bits per heavy atom. The van der Waals surface area contributed by atoms with Gasteiger partial charge in [-0.05, 0) is 50.7 Å². The smallest absolute Gasteiger partial charge is 0.223 e. The summed E-state index contributed by atoms with van der Waals surface area (Å²) in [7, 11) is 1.73. The van der Waals surface area contributed by atoms with E-state index in [1.807, 2.05) is 12.1 Å². The Bertz CT molecular complexity index is 1000. The summed E-state index contributed by atoms with van der Waals surface area (Å²) in [5.41, 5.74) is 1.05. The van der Waals surface area contributed by atoms with Crippen LogP contribution in [0.3, 0.4) is 0 Å². The molecule has 3 N–H and O–H groups in total. The summed E-state index contributed by atoms with van der Waals surface area (Å²) in [5, 5.41) is 20.6. The van der Waals surface area contributed by atoms with Gasteiger partial charge in [-0.3, -0.25) is 0 Å². The third-order valence-corrected chi connectivity index (χ3v) is 7.18. The van der Waals surface area contributed by atoms with Crippen molar-refractivity contribution in [3.8, 4) is 17.3 Å². The van der Waals surface area contributed by atoms with Gasteiger partial charge >= 0.3 is 0 Å². The van der Waals surface area contributed by atoms with Gasteiger partial charge in [0, 0.05) is 63.5 Å². The Kier molecular flexibility index (Phi) is 9.10. The third-order valence-electron chi connectivity index (χ3n) is 6.88. The van der Waals surface area contributed by atoms with Gasteiger partial charge in [0.2, 0.25) is 5.95 Å². The van der Waals surface area contributed by atoms with Crippen LogP contribution in [-0.4, -0.2) is 67.1 Å². The quantitative estimate of drug-likeness (QED) is 0.418. The fourth-order valence-electron chi connectivity index (χ4n) is 4.66. The molecule has 2 aromatic rings. The molecule has 1 saturated carbocycles. The number of hydrogen-bond acceptors (Lipinski definition) is 9. The average molecular weight is 500 g/mol. The lowest BCUT2D eigenvalue weighted by Crippen LogP contribution is -2.38. The van der Waals surface area contributed by atoms with E-state index in [4.69, 9.17) is 21.1 Å². The molecule has 2 aliphatic rings. The summed E-state index contributed by atoms with van der Waals surface area (Å²) in [6, 6.07) is 7.17. The van der Waals surface area contributed by atoms with Crippen molar-refractivity contribution in [1.82, 2.24) is 20.3 Å². The molecule has 10 heteroatoms. The average Bonchev–Trinajstić information content (AvgIpc) is 2.90. The minimum absolute atomic E-state index is 0.376. The molecule has 2 aromatic heterocycles. The fraction of sp³-hybridized carbons (Fsp3) is 0.600. The number of nitrogens with one attached hydrogen (secondary N) is 3. The SMILES string of the molecule is COCCNC1CCC(Nc2cc(-c3ccnc(NCC4(C#N)CCOCC4)n3)c(Cl)cn2)CC1. The largest absolute Gasteiger partial charge is 0.383 e. The lowest BCUT2D eigenvalue weighted by atomic mass is 9.82. The zero-order valence-electron chi connectivity index (χ0n) is 20.2. The number of nitriles is 1. The van der Waals surface area contributed by atoms with Crippen LogP contribution in [0.1, 0.15) is 38.5 Å². The molecule has 0 aromatic carbocycles. The number of anilines is 2. The van der Waals surface area contributed by atoms with Crippen molar-refractivity contribution in [2.24, 2.45) is 5.41 Å². The van der Waals surface area contributed by atoms with Crippen LogP contribution in [0.2, 0.25) is 5.02 Å². The number of nitrogens with zero attached hydrogens (tertiary/aromatic N) is 4. The highest BCUT2D eigenvalue weighted by molar-refractivity contribution is 6.33. The van der Waals surface area contributed by atoms with Crippen LogP contribution < -0.4 is 16.0 Å². The number of pyridine rings is 1. The normalized spacial score (nSPS) is 21.7. The van der Waals surface area contributed by atoms with E-state index in [-0.39, 0.29) is 0 Å². The fourth-order valence-corrected chi connectivity index (χ4v) is 4.86. The van der Waals surface area contributed by atoms with Gasteiger partial charge in [0.25, 0.3) is 0 Å². The molecule has 1 aliphatic carbocycles. The van der Waals surface area contributed by atoms with Gasteiger partial charge in [-0.2, -0.15) is 5.26 Å². The molecule has 0 unspecified atom stereocenters. The summed E-state index contributed by atoms with van der Waals surface area (Å²) in [6.07, 6.45) is 9.18. The Morgan fingerprint density at radius 1 is 1.20 bits per heavy atom. The summed E-state index contributed by atoms with van der Waals surface area (Å²) < 4.78 is 10.5. The van der Waals surface area contributed by atoms with Gasteiger partial charge in [-0.25, -0.2) is 15.0 Å². The minimum atomic E-state index is -0.457. The van der Waals surface area contributed by atoms with Crippen LogP contribution in [0.15, 0.2) is 24.5 Å². The van der Waals surface area contributed by atoms with Gasteiger partial charge in [-0.15, -0.1) is 0 Å². The first-order chi connectivity index (χ1) is 17.1. The van der Waals surface area contributed by atoms with Crippen LogP contribution in [0.4, 0.5) is 11.8 Å². The van der Waals surface area contributed by atoms with E-state index in [0.717, 1.165) is 50.2 Å². The topological polar surface area (TPSA) is 117 Å². The summed E-state index contributed by atoms with van der Waals surface area (Å²) in [4.78, 5) is 13.5. The highest BCUT2D eigenvalue weighted by Gasteiger charge is 2.32. The Balaban J connectivity index is 1.38. The van der Waals surface area contributed by atoms with E-state index >= 15 is 0 Å². The van der Waals surface area contributed by atoms with Crippen molar-refractivity contribution in [1.29, 1.82) is 5.26 Å². The van der Waals surface area contributed by atoms with Gasteiger partial charge < -0.3 is 25.4 Å². The molecule has 4 rings (SSSR count). The number of aromatic nitrogens is 3. The van der Waals surface area contributed by atoms with Crippen molar-refractivity contribution < 1.29 is 9.47 Å². The van der Waals surface area contributed by atoms with Crippen molar-refractivity contribution in [3.63, 3.8) is 0 Å². The molecule has 9 nitrogen and oxygen atoms in total. The third kappa shape index (κ3) is 7.01.